The van der Waals surface area contributed by atoms with Crippen molar-refractivity contribution in [1.29, 1.82) is 0 Å². The third-order valence-corrected chi connectivity index (χ3v) is 4.06. The number of benzene rings is 2. The van der Waals surface area contributed by atoms with E-state index in [1.54, 1.807) is 6.07 Å². The van der Waals surface area contributed by atoms with E-state index in [0.29, 0.717) is 17.0 Å². The van der Waals surface area contributed by atoms with E-state index in [-0.39, 0.29) is 6.04 Å². The molecule has 0 amide bonds. The van der Waals surface area contributed by atoms with Gasteiger partial charge in [-0.3, -0.25) is 0 Å². The molecule has 0 heterocycles. The first-order chi connectivity index (χ1) is 10.0. The van der Waals surface area contributed by atoms with Gasteiger partial charge in [-0.1, -0.05) is 40.5 Å². The molecule has 0 aromatic heterocycles. The van der Waals surface area contributed by atoms with E-state index < -0.39 is 11.6 Å². The average Bonchev–Trinajstić information content (AvgIpc) is 2.44. The number of rotatable bonds is 5. The molecule has 0 radical (unpaired) electrons. The van der Waals surface area contributed by atoms with Crippen LogP contribution in [0, 0.1) is 11.6 Å². The zero-order valence-electron chi connectivity index (χ0n) is 11.5. The summed E-state index contributed by atoms with van der Waals surface area (Å²) in [6.45, 7) is 2.69. The maximum absolute atomic E-state index is 13.8. The Morgan fingerprint density at radius 2 is 1.95 bits per heavy atom. The highest BCUT2D eigenvalue weighted by atomic mass is 79.9. The van der Waals surface area contributed by atoms with Crippen molar-refractivity contribution in [2.75, 3.05) is 6.54 Å². The molecule has 0 saturated heterocycles. The molecular formula is C16H15BrClF2N. The molecule has 0 aliphatic carbocycles. The highest BCUT2D eigenvalue weighted by Crippen LogP contribution is 2.29. The van der Waals surface area contributed by atoms with Gasteiger partial charge in [0.1, 0.15) is 11.6 Å². The predicted octanol–water partition coefficient (Wildman–Crippen LogP) is 5.27. The van der Waals surface area contributed by atoms with Gasteiger partial charge in [-0.25, -0.2) is 8.78 Å². The maximum atomic E-state index is 13.8. The summed E-state index contributed by atoms with van der Waals surface area (Å²) < 4.78 is 27.7. The van der Waals surface area contributed by atoms with Gasteiger partial charge in [0, 0.05) is 21.6 Å². The minimum atomic E-state index is -0.572. The summed E-state index contributed by atoms with van der Waals surface area (Å²) in [7, 11) is 0. The van der Waals surface area contributed by atoms with Crippen LogP contribution in [-0.2, 0) is 6.42 Å². The first-order valence-corrected chi connectivity index (χ1v) is 7.80. The number of halogens is 4. The Bertz CT molecular complexity index is 634. The van der Waals surface area contributed by atoms with E-state index in [4.69, 9.17) is 11.6 Å². The molecule has 0 bridgehead atoms. The van der Waals surface area contributed by atoms with Crippen molar-refractivity contribution >= 4 is 27.5 Å². The summed E-state index contributed by atoms with van der Waals surface area (Å²) in [5.41, 5.74) is 1.34. The van der Waals surface area contributed by atoms with E-state index in [1.165, 1.54) is 12.1 Å². The molecular weight excluding hydrogens is 360 g/mol. The average molecular weight is 375 g/mol. The van der Waals surface area contributed by atoms with Crippen LogP contribution in [0.4, 0.5) is 8.78 Å². The van der Waals surface area contributed by atoms with Gasteiger partial charge in [0.25, 0.3) is 0 Å². The SMILES string of the molecule is CCNC(Cc1ccc(F)cc1F)c1cc(Br)ccc1Cl. The largest absolute Gasteiger partial charge is 0.310 e. The zero-order chi connectivity index (χ0) is 15.4. The fourth-order valence-electron chi connectivity index (χ4n) is 2.23. The topological polar surface area (TPSA) is 12.0 Å². The summed E-state index contributed by atoms with van der Waals surface area (Å²) in [5.74, 6) is -1.11. The quantitative estimate of drug-likeness (QED) is 0.751. The van der Waals surface area contributed by atoms with Crippen LogP contribution in [0.25, 0.3) is 0 Å². The second-order valence-electron chi connectivity index (χ2n) is 4.72. The molecule has 0 saturated carbocycles. The normalized spacial score (nSPS) is 12.4. The van der Waals surface area contributed by atoms with Crippen LogP contribution in [0.5, 0.6) is 0 Å². The zero-order valence-corrected chi connectivity index (χ0v) is 13.8. The third kappa shape index (κ3) is 4.25. The Labute approximate surface area is 136 Å². The van der Waals surface area contributed by atoms with E-state index >= 15 is 0 Å². The van der Waals surface area contributed by atoms with Gasteiger partial charge in [-0.15, -0.1) is 0 Å². The molecule has 1 N–H and O–H groups in total. The fraction of sp³-hybridized carbons (Fsp3) is 0.250. The van der Waals surface area contributed by atoms with Crippen LogP contribution in [0.15, 0.2) is 40.9 Å². The van der Waals surface area contributed by atoms with Crippen molar-refractivity contribution < 1.29 is 8.78 Å². The summed E-state index contributed by atoms with van der Waals surface area (Å²) in [5, 5.41) is 3.91. The van der Waals surface area contributed by atoms with Gasteiger partial charge in [0.15, 0.2) is 0 Å². The van der Waals surface area contributed by atoms with E-state index in [9.17, 15) is 8.78 Å². The molecule has 2 aromatic carbocycles. The number of hydrogen-bond donors (Lipinski definition) is 1. The van der Waals surface area contributed by atoms with Crippen molar-refractivity contribution in [3.63, 3.8) is 0 Å². The number of nitrogens with one attached hydrogen (secondary N) is 1. The van der Waals surface area contributed by atoms with Crippen molar-refractivity contribution in [3.05, 3.63) is 68.7 Å². The van der Waals surface area contributed by atoms with E-state index in [1.807, 2.05) is 19.1 Å². The van der Waals surface area contributed by atoms with Gasteiger partial charge < -0.3 is 5.32 Å². The third-order valence-electron chi connectivity index (χ3n) is 3.22. The predicted molar refractivity (Wildman–Crippen MR) is 85.6 cm³/mol. The fourth-order valence-corrected chi connectivity index (χ4v) is 2.86. The summed E-state index contributed by atoms with van der Waals surface area (Å²) in [6, 6.07) is 9.07. The lowest BCUT2D eigenvalue weighted by Crippen LogP contribution is -2.23. The Morgan fingerprint density at radius 1 is 1.19 bits per heavy atom. The molecule has 1 unspecified atom stereocenters. The van der Waals surface area contributed by atoms with E-state index in [0.717, 1.165) is 22.6 Å². The standard InChI is InChI=1S/C16H15BrClF2N/c1-2-21-16(13-8-11(17)4-6-14(13)18)7-10-3-5-12(19)9-15(10)20/h3-6,8-9,16,21H,2,7H2,1H3. The van der Waals surface area contributed by atoms with Crippen molar-refractivity contribution in [3.8, 4) is 0 Å². The lowest BCUT2D eigenvalue weighted by molar-refractivity contribution is 0.521. The second kappa shape index (κ2) is 7.34. The van der Waals surface area contributed by atoms with Gasteiger partial charge in [-0.2, -0.15) is 0 Å². The number of likely N-dealkylation sites (N-methyl/N-ethyl adjacent to an activating group) is 1. The summed E-state index contributed by atoms with van der Waals surface area (Å²) in [6.07, 6.45) is 0.399. The van der Waals surface area contributed by atoms with Gasteiger partial charge in [0.2, 0.25) is 0 Å². The highest BCUT2D eigenvalue weighted by Gasteiger charge is 2.17. The Hall–Kier alpha value is -0.970. The first-order valence-electron chi connectivity index (χ1n) is 6.63. The Balaban J connectivity index is 2.32. The minimum absolute atomic E-state index is 0.139. The van der Waals surface area contributed by atoms with Gasteiger partial charge in [-0.05, 0) is 48.4 Å². The summed E-state index contributed by atoms with van der Waals surface area (Å²) >= 11 is 9.66. The monoisotopic (exact) mass is 373 g/mol. The maximum Gasteiger partial charge on any atom is 0.129 e. The highest BCUT2D eigenvalue weighted by molar-refractivity contribution is 9.10. The van der Waals surface area contributed by atoms with Crippen LogP contribution < -0.4 is 5.32 Å². The molecule has 2 rings (SSSR count). The summed E-state index contributed by atoms with van der Waals surface area (Å²) in [4.78, 5) is 0. The van der Waals surface area contributed by atoms with Crippen molar-refractivity contribution in [2.24, 2.45) is 0 Å². The Morgan fingerprint density at radius 3 is 2.62 bits per heavy atom. The molecule has 21 heavy (non-hydrogen) atoms. The van der Waals surface area contributed by atoms with Crippen LogP contribution in [-0.4, -0.2) is 6.54 Å². The van der Waals surface area contributed by atoms with Crippen LogP contribution in [0.2, 0.25) is 5.02 Å². The molecule has 0 spiro atoms. The van der Waals surface area contributed by atoms with Gasteiger partial charge >= 0.3 is 0 Å². The Kier molecular flexibility index (Phi) is 5.73. The second-order valence-corrected chi connectivity index (χ2v) is 6.04. The van der Waals surface area contributed by atoms with Crippen LogP contribution >= 0.6 is 27.5 Å². The number of hydrogen-bond acceptors (Lipinski definition) is 1. The van der Waals surface area contributed by atoms with Crippen molar-refractivity contribution in [1.82, 2.24) is 5.32 Å². The molecule has 0 fully saturated rings. The molecule has 1 atom stereocenters. The van der Waals surface area contributed by atoms with Gasteiger partial charge in [0.05, 0.1) is 0 Å². The molecule has 112 valence electrons. The van der Waals surface area contributed by atoms with Crippen LogP contribution in [0.3, 0.4) is 0 Å². The van der Waals surface area contributed by atoms with Crippen LogP contribution in [0.1, 0.15) is 24.1 Å². The molecule has 0 aliphatic rings. The van der Waals surface area contributed by atoms with E-state index in [2.05, 4.69) is 21.2 Å². The molecule has 0 aliphatic heterocycles. The smallest absolute Gasteiger partial charge is 0.129 e. The lowest BCUT2D eigenvalue weighted by atomic mass is 9.98. The molecule has 1 nitrogen and oxygen atoms in total. The first kappa shape index (κ1) is 16.4. The molecule has 5 heteroatoms. The van der Waals surface area contributed by atoms with Crippen molar-refractivity contribution in [2.45, 2.75) is 19.4 Å². The molecule has 2 aromatic rings. The lowest BCUT2D eigenvalue weighted by Gasteiger charge is -2.20. The minimum Gasteiger partial charge on any atom is -0.310 e.